The lowest BCUT2D eigenvalue weighted by Crippen LogP contribution is -2.55. The van der Waals surface area contributed by atoms with Crippen LogP contribution in [0.25, 0.3) is 0 Å². The molecule has 12 rings (SSSR count). The molecular weight excluding hydrogens is 1410 g/mol. The van der Waals surface area contributed by atoms with E-state index in [0.717, 1.165) is 101 Å². The van der Waals surface area contributed by atoms with Crippen LogP contribution in [0.15, 0.2) is 0 Å². The van der Waals surface area contributed by atoms with Crippen molar-refractivity contribution in [1.82, 2.24) is 0 Å². The molecule has 0 aliphatic heterocycles. The molecule has 21 atom stereocenters. The van der Waals surface area contributed by atoms with Crippen molar-refractivity contribution >= 4 is 35.8 Å². The summed E-state index contributed by atoms with van der Waals surface area (Å²) in [5.74, 6) is 7.34. The maximum absolute atomic E-state index is 12.5. The van der Waals surface area contributed by atoms with Crippen LogP contribution in [-0.2, 0) is 57.2 Å². The zero-order valence-corrected chi connectivity index (χ0v) is 70.1. The van der Waals surface area contributed by atoms with Gasteiger partial charge in [0.2, 0.25) is 0 Å². The number of fused-ring (bicyclic) bond motifs is 12. The Morgan fingerprint density at radius 1 is 0.310 bits per heavy atom. The highest BCUT2D eigenvalue weighted by Gasteiger charge is 2.71. The molecule has 0 aromatic heterocycles. The van der Waals surface area contributed by atoms with E-state index in [1.165, 1.54) is 116 Å². The van der Waals surface area contributed by atoms with Crippen molar-refractivity contribution in [1.29, 1.82) is 0 Å². The third-order valence-corrected chi connectivity index (χ3v) is 32.7. The van der Waals surface area contributed by atoms with Gasteiger partial charge in [-0.25, -0.2) is 0 Å². The number of hydrogen-bond donors (Lipinski definition) is 0. The molecule has 0 saturated heterocycles. The van der Waals surface area contributed by atoms with Crippen molar-refractivity contribution in [2.75, 3.05) is 0 Å². The number of rotatable bonds is 20. The number of esters is 6. The first-order valence-electron chi connectivity index (χ1n) is 42.0. The molecular formula is C101H202O12. The normalized spacial score (nSPS) is 35.3. The summed E-state index contributed by atoms with van der Waals surface area (Å²) in [7, 11) is 0. The summed E-state index contributed by atoms with van der Waals surface area (Å²) in [6.45, 7) is 56.8. The van der Waals surface area contributed by atoms with Crippen LogP contribution in [0.3, 0.4) is 0 Å². The molecule has 12 bridgehead atoms. The van der Waals surface area contributed by atoms with Gasteiger partial charge >= 0.3 is 35.8 Å². The maximum atomic E-state index is 12.5. The van der Waals surface area contributed by atoms with E-state index in [9.17, 15) is 28.8 Å². The Labute approximate surface area is 706 Å². The average molecular weight is 1610 g/mol. The van der Waals surface area contributed by atoms with Gasteiger partial charge in [0.1, 0.15) is 33.6 Å². The Kier molecular flexibility index (Phi) is 48.0. The largest absolute Gasteiger partial charge is 0.459 e. The molecule has 12 fully saturated rings. The number of carbonyl (C=O) groups excluding carboxylic acids is 6. The van der Waals surface area contributed by atoms with Crippen LogP contribution >= 0.6 is 0 Å². The molecule has 0 amide bonds. The second-order valence-electron chi connectivity index (χ2n) is 40.4. The average Bonchev–Trinajstić information content (AvgIpc) is 1.54. The van der Waals surface area contributed by atoms with Crippen LogP contribution in [0.1, 0.15) is 469 Å². The van der Waals surface area contributed by atoms with Crippen molar-refractivity contribution in [2.24, 2.45) is 115 Å². The molecule has 0 aromatic carbocycles. The van der Waals surface area contributed by atoms with E-state index < -0.39 is 0 Å². The van der Waals surface area contributed by atoms with Crippen molar-refractivity contribution in [3.8, 4) is 0 Å². The molecule has 21 unspecified atom stereocenters. The summed E-state index contributed by atoms with van der Waals surface area (Å²) in [6.07, 6.45) is 34.5. The van der Waals surface area contributed by atoms with Crippen LogP contribution in [-0.4, -0.2) is 69.4 Å². The molecule has 0 N–H and O–H groups in total. The van der Waals surface area contributed by atoms with Gasteiger partial charge in [0, 0.05) is 21.7 Å². The predicted molar refractivity (Wildman–Crippen MR) is 488 cm³/mol. The monoisotopic (exact) mass is 1610 g/mol. The predicted octanol–water partition coefficient (Wildman–Crippen LogP) is 30.6. The highest BCUT2D eigenvalue weighted by Crippen LogP contribution is 2.71. The van der Waals surface area contributed by atoms with E-state index in [1.54, 1.807) is 0 Å². The smallest absolute Gasteiger partial charge is 0.312 e. The Morgan fingerprint density at radius 2 is 0.575 bits per heavy atom. The summed E-state index contributed by atoms with van der Waals surface area (Å²) in [6, 6.07) is 0. The molecule has 678 valence electrons. The Bertz CT molecular complexity index is 2860. The van der Waals surface area contributed by atoms with Crippen LogP contribution in [0.5, 0.6) is 0 Å². The molecule has 0 aromatic rings. The van der Waals surface area contributed by atoms with E-state index in [0.29, 0.717) is 35.5 Å². The summed E-state index contributed by atoms with van der Waals surface area (Å²) < 4.78 is 35.7. The summed E-state index contributed by atoms with van der Waals surface area (Å²) >= 11 is 0. The lowest BCUT2D eigenvalue weighted by atomic mass is 9.61. The van der Waals surface area contributed by atoms with E-state index in [-0.39, 0.29) is 214 Å². The Morgan fingerprint density at radius 3 is 0.832 bits per heavy atom. The Balaban J connectivity index is -0.000000298. The number of ether oxygens (including phenoxy) is 6. The van der Waals surface area contributed by atoms with Crippen molar-refractivity contribution in [3.63, 3.8) is 0 Å². The van der Waals surface area contributed by atoms with Gasteiger partial charge in [0.05, 0.1) is 34.0 Å². The molecule has 12 heteroatoms. The van der Waals surface area contributed by atoms with Gasteiger partial charge in [-0.15, -0.1) is 0 Å². The fourth-order valence-corrected chi connectivity index (χ4v) is 21.7. The second kappa shape index (κ2) is 44.9. The van der Waals surface area contributed by atoms with Crippen LogP contribution in [0.4, 0.5) is 0 Å². The first-order valence-corrected chi connectivity index (χ1v) is 42.0. The van der Waals surface area contributed by atoms with E-state index in [2.05, 4.69) is 96.9 Å². The minimum atomic E-state index is -0.378. The van der Waals surface area contributed by atoms with Crippen LogP contribution in [0, 0.1) is 115 Å². The minimum absolute atomic E-state index is 0. The summed E-state index contributed by atoms with van der Waals surface area (Å²) in [5.41, 5.74) is -1.67. The van der Waals surface area contributed by atoms with Gasteiger partial charge in [0.25, 0.3) is 0 Å². The summed E-state index contributed by atoms with van der Waals surface area (Å²) in [4.78, 5) is 72.9. The first-order chi connectivity index (χ1) is 46.6. The molecule has 12 nitrogen and oxygen atoms in total. The van der Waals surface area contributed by atoms with Crippen molar-refractivity contribution in [3.05, 3.63) is 0 Å². The third kappa shape index (κ3) is 23.9. The molecule has 12 aliphatic carbocycles. The van der Waals surface area contributed by atoms with Crippen LogP contribution in [0.2, 0.25) is 0 Å². The maximum Gasteiger partial charge on any atom is 0.312 e. The first kappa shape index (κ1) is 121. The highest BCUT2D eigenvalue weighted by atomic mass is 16.6. The lowest BCUT2D eigenvalue weighted by molar-refractivity contribution is -0.202. The topological polar surface area (TPSA) is 158 Å². The van der Waals surface area contributed by atoms with Crippen molar-refractivity contribution < 1.29 is 57.2 Å². The second-order valence-corrected chi connectivity index (χ2v) is 40.4. The SMILES string of the molecule is C.C.C.C.C.C.C.C.C.C.C.C.CCC(C)(C)C(=O)OC1(C)C2(C)CCC(C2)C1(C)C.CCC(C)(C)C(=O)OC1(C)CC2CCC1C2.CCC(C)(C)C(=O)OC1(CC)CC2CCC1C2.CCC(C)C(=O)OC1(C)C2(C)CCC(C2)C1(C)C.CCC(C)C(=O)OC1(C)CC2CCC1C2.CCC(C)C(=O)OC1(CC)CC2CCC1C2. The molecule has 12 aliphatic rings. The quantitative estimate of drug-likeness (QED) is 0.0840. The van der Waals surface area contributed by atoms with E-state index >= 15 is 0 Å². The molecule has 113 heavy (non-hydrogen) atoms. The minimum Gasteiger partial charge on any atom is -0.459 e. The van der Waals surface area contributed by atoms with Gasteiger partial charge in [-0.2, -0.15) is 0 Å². The van der Waals surface area contributed by atoms with Crippen LogP contribution < -0.4 is 0 Å². The molecule has 12 saturated carbocycles. The van der Waals surface area contributed by atoms with Gasteiger partial charge < -0.3 is 28.4 Å². The number of hydrogen-bond acceptors (Lipinski definition) is 12. The zero-order chi connectivity index (χ0) is 75.9. The van der Waals surface area contributed by atoms with Crippen molar-refractivity contribution in [2.45, 2.75) is 502 Å². The molecule has 0 radical (unpaired) electrons. The lowest BCUT2D eigenvalue weighted by Gasteiger charge is -2.51. The summed E-state index contributed by atoms with van der Waals surface area (Å²) in [5, 5.41) is 0. The third-order valence-electron chi connectivity index (χ3n) is 32.7. The van der Waals surface area contributed by atoms with Gasteiger partial charge in [-0.1, -0.05) is 207 Å². The van der Waals surface area contributed by atoms with Gasteiger partial charge in [-0.05, 0) is 321 Å². The molecule has 0 heterocycles. The highest BCUT2D eigenvalue weighted by molar-refractivity contribution is 5.78. The number of carbonyl (C=O) groups is 6. The van der Waals surface area contributed by atoms with E-state index in [1.807, 2.05) is 90.0 Å². The standard InChI is InChI=1S/C17H30O2.C16H28O2.C15H26O2.2C14H24O2.C13H22O2.12CH4/c1-8-14(2,3)13(18)19-17(7)15(4,5)12-9-10-16(17,6)11-12;1-7-11(2)13(17)18-16(6)14(3,4)12-8-9-15(16,5)10-12;1-5-14(3,4)13(16)17-15(6-2)10-11-7-8-12(15)9-11;1-5-13(2,3)12(15)16-14(4)9-10-6-7-11(14)8-10;1-4-10(3)13(15)16-14(5-2)9-11-6-7-12(14)8-11;1-4-9(2)12(14)15-13(3)8-10-5-6-11(13)7-10;;;;;;;;;;;;/h12H,8-11H2,1-7H3;11-12H,7-10H2,1-6H3;11-12H,5-10H2,1-4H3;10-11H,5-9H2,1-4H3;10-12H,4-9H2,1-3H3;9-11H,4-8H2,1-3H3;12*1H4. The Hall–Kier alpha value is -3.18. The van der Waals surface area contributed by atoms with Gasteiger partial charge in [-0.3, -0.25) is 28.8 Å². The molecule has 0 spiro atoms. The van der Waals surface area contributed by atoms with Gasteiger partial charge in [0.15, 0.2) is 0 Å². The fraction of sp³-hybridized carbons (Fsp3) is 0.941. The zero-order valence-electron chi connectivity index (χ0n) is 70.1. The fourth-order valence-electron chi connectivity index (χ4n) is 21.7. The van der Waals surface area contributed by atoms with E-state index in [4.69, 9.17) is 28.4 Å².